The summed E-state index contributed by atoms with van der Waals surface area (Å²) in [5, 5.41) is 10.5. The molecule has 6 atom stereocenters. The first-order chi connectivity index (χ1) is 7.41. The molecule has 16 heavy (non-hydrogen) atoms. The van der Waals surface area contributed by atoms with Gasteiger partial charge in [-0.1, -0.05) is 20.8 Å². The van der Waals surface area contributed by atoms with Gasteiger partial charge in [0.1, 0.15) is 0 Å². The fourth-order valence-corrected chi connectivity index (χ4v) is 5.57. The van der Waals surface area contributed by atoms with Crippen molar-refractivity contribution < 1.29 is 5.11 Å². The lowest BCUT2D eigenvalue weighted by molar-refractivity contribution is 0.0291. The van der Waals surface area contributed by atoms with E-state index in [1.165, 1.54) is 19.3 Å². The van der Waals surface area contributed by atoms with Gasteiger partial charge in [0, 0.05) is 0 Å². The van der Waals surface area contributed by atoms with Crippen molar-refractivity contribution in [3.05, 3.63) is 0 Å². The highest BCUT2D eigenvalue weighted by Crippen LogP contribution is 2.80. The summed E-state index contributed by atoms with van der Waals surface area (Å²) in [6.07, 6.45) is 5.13. The minimum Gasteiger partial charge on any atom is -0.390 e. The fraction of sp³-hybridized carbons (Fsp3) is 1.00. The zero-order valence-corrected chi connectivity index (χ0v) is 11.2. The second-order valence-corrected chi connectivity index (χ2v) is 7.36. The van der Waals surface area contributed by atoms with Crippen LogP contribution in [0.2, 0.25) is 0 Å². The van der Waals surface area contributed by atoms with E-state index in [9.17, 15) is 5.11 Å². The number of hydrogen-bond donors (Lipinski definition) is 1. The van der Waals surface area contributed by atoms with Crippen molar-refractivity contribution in [3.8, 4) is 0 Å². The van der Waals surface area contributed by atoms with Crippen LogP contribution in [0.4, 0.5) is 0 Å². The van der Waals surface area contributed by atoms with Crippen molar-refractivity contribution in [1.29, 1.82) is 0 Å². The van der Waals surface area contributed by atoms with E-state index in [4.69, 9.17) is 0 Å². The molecule has 92 valence electrons. The molecule has 2 unspecified atom stereocenters. The summed E-state index contributed by atoms with van der Waals surface area (Å²) in [7, 11) is 0. The summed E-state index contributed by atoms with van der Waals surface area (Å²) >= 11 is 0. The molecule has 1 heteroatoms. The molecule has 0 heterocycles. The molecule has 0 aromatic carbocycles. The number of hydrogen-bond acceptors (Lipinski definition) is 1. The molecule has 0 aromatic heterocycles. The summed E-state index contributed by atoms with van der Waals surface area (Å²) in [6, 6.07) is 0. The second-order valence-electron chi connectivity index (χ2n) is 7.36. The second kappa shape index (κ2) is 3.04. The van der Waals surface area contributed by atoms with Crippen LogP contribution in [0, 0.1) is 35.0 Å². The van der Waals surface area contributed by atoms with Gasteiger partial charge in [0.2, 0.25) is 0 Å². The van der Waals surface area contributed by atoms with Crippen molar-refractivity contribution >= 4 is 0 Å². The normalized spacial score (nSPS) is 59.6. The zero-order chi connectivity index (χ0) is 11.7. The molecule has 3 aliphatic carbocycles. The van der Waals surface area contributed by atoms with Gasteiger partial charge in [-0.2, -0.15) is 0 Å². The Morgan fingerprint density at radius 1 is 1.19 bits per heavy atom. The van der Waals surface area contributed by atoms with Crippen LogP contribution in [0.5, 0.6) is 0 Å². The summed E-state index contributed by atoms with van der Waals surface area (Å²) in [6.45, 7) is 9.27. The van der Waals surface area contributed by atoms with Crippen molar-refractivity contribution in [2.24, 2.45) is 35.0 Å². The van der Waals surface area contributed by atoms with Gasteiger partial charge in [0.05, 0.1) is 5.60 Å². The van der Waals surface area contributed by atoms with E-state index in [-0.39, 0.29) is 5.60 Å². The molecule has 3 rings (SSSR count). The maximum absolute atomic E-state index is 10.5. The van der Waals surface area contributed by atoms with Gasteiger partial charge in [-0.25, -0.2) is 0 Å². The molecule has 0 aliphatic heterocycles. The molecular formula is C15H26O. The van der Waals surface area contributed by atoms with Crippen LogP contribution in [0.1, 0.15) is 53.4 Å². The molecule has 0 radical (unpaired) electrons. The zero-order valence-electron chi connectivity index (χ0n) is 11.2. The SMILES string of the molecule is CC(C)C1CC[C@@H](C)[C@@]23CC[C@](C)(O)C2[C@@H]13. The topological polar surface area (TPSA) is 20.2 Å². The summed E-state index contributed by atoms with van der Waals surface area (Å²) in [4.78, 5) is 0. The Hall–Kier alpha value is -0.0400. The van der Waals surface area contributed by atoms with E-state index in [0.717, 1.165) is 30.1 Å². The Morgan fingerprint density at radius 3 is 2.50 bits per heavy atom. The van der Waals surface area contributed by atoms with Gasteiger partial charge in [0.25, 0.3) is 0 Å². The quantitative estimate of drug-likeness (QED) is 0.720. The van der Waals surface area contributed by atoms with Crippen LogP contribution >= 0.6 is 0 Å². The lowest BCUT2D eigenvalue weighted by atomic mass is 9.69. The number of fused-ring (bicyclic) bond motifs is 1. The van der Waals surface area contributed by atoms with E-state index in [2.05, 4.69) is 27.7 Å². The van der Waals surface area contributed by atoms with Gasteiger partial charge >= 0.3 is 0 Å². The molecule has 0 saturated heterocycles. The lowest BCUT2D eigenvalue weighted by Crippen LogP contribution is -2.30. The maximum atomic E-state index is 10.5. The molecule has 0 bridgehead atoms. The minimum absolute atomic E-state index is 0.351. The van der Waals surface area contributed by atoms with Crippen molar-refractivity contribution in [2.45, 2.75) is 59.0 Å². The third-order valence-corrected chi connectivity index (χ3v) is 6.35. The van der Waals surface area contributed by atoms with Crippen LogP contribution in [-0.2, 0) is 0 Å². The first-order valence-electron chi connectivity index (χ1n) is 7.13. The highest BCUT2D eigenvalue weighted by molar-refractivity contribution is 5.26. The molecule has 1 spiro atoms. The Morgan fingerprint density at radius 2 is 1.88 bits per heavy atom. The van der Waals surface area contributed by atoms with Crippen LogP contribution < -0.4 is 0 Å². The largest absolute Gasteiger partial charge is 0.390 e. The predicted octanol–water partition coefficient (Wildman–Crippen LogP) is 3.47. The first-order valence-corrected chi connectivity index (χ1v) is 7.13. The highest BCUT2D eigenvalue weighted by Gasteiger charge is 2.77. The molecule has 0 aromatic rings. The van der Waals surface area contributed by atoms with E-state index in [0.29, 0.717) is 11.3 Å². The molecule has 3 aliphatic rings. The third-order valence-electron chi connectivity index (χ3n) is 6.35. The van der Waals surface area contributed by atoms with E-state index in [1.54, 1.807) is 0 Å². The molecule has 3 saturated carbocycles. The van der Waals surface area contributed by atoms with Crippen LogP contribution in [0.25, 0.3) is 0 Å². The Bertz CT molecular complexity index is 307. The van der Waals surface area contributed by atoms with Crippen LogP contribution in [-0.4, -0.2) is 10.7 Å². The summed E-state index contributed by atoms with van der Waals surface area (Å²) < 4.78 is 0. The Labute approximate surface area is 99.6 Å². The van der Waals surface area contributed by atoms with Gasteiger partial charge in [-0.15, -0.1) is 0 Å². The van der Waals surface area contributed by atoms with E-state index in [1.807, 2.05) is 0 Å². The van der Waals surface area contributed by atoms with Gasteiger partial charge < -0.3 is 5.11 Å². The van der Waals surface area contributed by atoms with Crippen molar-refractivity contribution in [3.63, 3.8) is 0 Å². The maximum Gasteiger partial charge on any atom is 0.0656 e. The van der Waals surface area contributed by atoms with Crippen LogP contribution in [0.3, 0.4) is 0 Å². The van der Waals surface area contributed by atoms with Crippen molar-refractivity contribution in [2.75, 3.05) is 0 Å². The third kappa shape index (κ3) is 1.11. The number of aliphatic hydroxyl groups is 1. The van der Waals surface area contributed by atoms with E-state index < -0.39 is 0 Å². The molecule has 1 N–H and O–H groups in total. The molecule has 3 fully saturated rings. The average molecular weight is 222 g/mol. The Kier molecular flexibility index (Phi) is 2.11. The Balaban J connectivity index is 1.92. The summed E-state index contributed by atoms with van der Waals surface area (Å²) in [5.74, 6) is 4.01. The molecular weight excluding hydrogens is 196 g/mol. The lowest BCUT2D eigenvalue weighted by Gasteiger charge is -2.36. The van der Waals surface area contributed by atoms with Crippen LogP contribution in [0.15, 0.2) is 0 Å². The van der Waals surface area contributed by atoms with Gasteiger partial charge in [-0.05, 0) is 67.6 Å². The fourth-order valence-electron chi connectivity index (χ4n) is 5.57. The number of rotatable bonds is 1. The van der Waals surface area contributed by atoms with E-state index >= 15 is 0 Å². The monoisotopic (exact) mass is 222 g/mol. The predicted molar refractivity (Wildman–Crippen MR) is 66.0 cm³/mol. The van der Waals surface area contributed by atoms with Crippen molar-refractivity contribution in [1.82, 2.24) is 0 Å². The highest BCUT2D eigenvalue weighted by atomic mass is 16.3. The molecule has 1 nitrogen and oxygen atoms in total. The molecule has 0 amide bonds. The first kappa shape index (κ1) is 11.1. The minimum atomic E-state index is -0.351. The smallest absolute Gasteiger partial charge is 0.0656 e. The average Bonchev–Trinajstić information content (AvgIpc) is 2.79. The van der Waals surface area contributed by atoms with Gasteiger partial charge in [0.15, 0.2) is 0 Å². The van der Waals surface area contributed by atoms with Gasteiger partial charge in [-0.3, -0.25) is 0 Å². The standard InChI is InChI=1S/C15H26O/c1-9(2)11-6-5-10(3)15-8-7-14(4,16)13(15)12(11)15/h9-13,16H,5-8H2,1-4H3/t10-,11?,12-,13?,14+,15-/m1/s1. The summed E-state index contributed by atoms with van der Waals surface area (Å²) in [5.41, 5.74) is 0.201.